The Labute approximate surface area is 166 Å². The topological polar surface area (TPSA) is 52.6 Å². The minimum absolute atomic E-state index is 0.0258. The van der Waals surface area contributed by atoms with Crippen LogP contribution in [0.3, 0.4) is 0 Å². The van der Waals surface area contributed by atoms with Gasteiger partial charge in [-0.05, 0) is 64.2 Å². The summed E-state index contributed by atoms with van der Waals surface area (Å²) in [4.78, 5) is 24.6. The van der Waals surface area contributed by atoms with Crippen molar-refractivity contribution in [2.45, 2.75) is 95.4 Å². The fourth-order valence-corrected chi connectivity index (χ4v) is 5.41. The summed E-state index contributed by atoms with van der Waals surface area (Å²) in [6.45, 7) is 5.36. The van der Waals surface area contributed by atoms with Gasteiger partial charge in [-0.1, -0.05) is 6.92 Å². The quantitative estimate of drug-likeness (QED) is 0.433. The molecule has 4 fully saturated rings. The molecular formula is C20H27F5O4. The molecule has 0 aromatic rings. The molecule has 0 heterocycles. The number of alkyl halides is 5. The van der Waals surface area contributed by atoms with Gasteiger partial charge in [0.25, 0.3) is 0 Å². The molecule has 166 valence electrons. The molecule has 0 aromatic carbocycles. The number of halogens is 5. The number of hydrogen-bond donors (Lipinski definition) is 0. The highest BCUT2D eigenvalue weighted by Crippen LogP contribution is 2.61. The summed E-state index contributed by atoms with van der Waals surface area (Å²) in [5, 5.41) is 0. The maximum Gasteiger partial charge on any atom is 0.395 e. The van der Waals surface area contributed by atoms with Gasteiger partial charge in [-0.25, -0.2) is 4.79 Å². The summed E-state index contributed by atoms with van der Waals surface area (Å²) in [6, 6.07) is 0. The molecule has 0 N–H and O–H groups in total. The molecule has 2 unspecified atom stereocenters. The first-order chi connectivity index (χ1) is 13.1. The first-order valence-electron chi connectivity index (χ1n) is 10.0. The molecule has 29 heavy (non-hydrogen) atoms. The molecule has 4 bridgehead atoms. The number of carbonyl (C=O) groups excluding carboxylic acids is 2. The Hall–Kier alpha value is -1.41. The third kappa shape index (κ3) is 4.53. The third-order valence-electron chi connectivity index (χ3n) is 6.73. The van der Waals surface area contributed by atoms with E-state index >= 15 is 0 Å². The maximum absolute atomic E-state index is 13.8. The molecule has 4 nitrogen and oxygen atoms in total. The monoisotopic (exact) mass is 426 g/mol. The van der Waals surface area contributed by atoms with Gasteiger partial charge in [0.2, 0.25) is 0 Å². The van der Waals surface area contributed by atoms with Crippen LogP contribution in [-0.2, 0) is 19.1 Å². The normalized spacial score (nSPS) is 34.2. The summed E-state index contributed by atoms with van der Waals surface area (Å²) in [7, 11) is 0. The highest BCUT2D eigenvalue weighted by molar-refractivity contribution is 5.78. The van der Waals surface area contributed by atoms with Crippen molar-refractivity contribution in [3.05, 3.63) is 0 Å². The molecule has 0 saturated heterocycles. The van der Waals surface area contributed by atoms with Gasteiger partial charge < -0.3 is 9.47 Å². The molecule has 0 amide bonds. The number of rotatable bonds is 6. The number of carbonyl (C=O) groups is 2. The Bertz CT molecular complexity index is 671. The van der Waals surface area contributed by atoms with Gasteiger partial charge in [0.1, 0.15) is 17.6 Å². The molecule has 4 aliphatic carbocycles. The summed E-state index contributed by atoms with van der Waals surface area (Å²) in [5.41, 5.74) is -2.92. The zero-order valence-electron chi connectivity index (χ0n) is 16.8. The fraction of sp³-hybridized carbons (Fsp3) is 0.900. The molecule has 0 radical (unpaired) electrons. The van der Waals surface area contributed by atoms with E-state index in [1.165, 1.54) is 0 Å². The van der Waals surface area contributed by atoms with Crippen molar-refractivity contribution in [2.75, 3.05) is 0 Å². The Kier molecular flexibility index (Phi) is 5.23. The van der Waals surface area contributed by atoms with E-state index in [9.17, 15) is 31.5 Å². The van der Waals surface area contributed by atoms with Crippen molar-refractivity contribution in [3.8, 4) is 0 Å². The van der Waals surface area contributed by atoms with Gasteiger partial charge >= 0.3 is 24.0 Å². The van der Waals surface area contributed by atoms with E-state index in [0.717, 1.165) is 6.42 Å². The second kappa shape index (κ2) is 6.80. The van der Waals surface area contributed by atoms with E-state index in [0.29, 0.717) is 32.1 Å². The predicted octanol–water partition coefficient (Wildman–Crippen LogP) is 5.19. The molecule has 9 heteroatoms. The van der Waals surface area contributed by atoms with Crippen LogP contribution in [-0.4, -0.2) is 35.2 Å². The minimum atomic E-state index is -5.19. The van der Waals surface area contributed by atoms with Crippen LogP contribution in [0.4, 0.5) is 22.0 Å². The van der Waals surface area contributed by atoms with Gasteiger partial charge in [0.15, 0.2) is 0 Å². The molecule has 2 atom stereocenters. The van der Waals surface area contributed by atoms with Crippen LogP contribution in [0, 0.1) is 17.3 Å². The van der Waals surface area contributed by atoms with Crippen LogP contribution in [0.15, 0.2) is 0 Å². The second-order valence-corrected chi connectivity index (χ2v) is 9.84. The molecule has 0 aliphatic heterocycles. The van der Waals surface area contributed by atoms with Crippen molar-refractivity contribution < 1.29 is 41.0 Å². The first-order valence-corrected chi connectivity index (χ1v) is 10.0. The summed E-state index contributed by atoms with van der Waals surface area (Å²) in [6.07, 6.45) is -4.55. The van der Waals surface area contributed by atoms with Crippen molar-refractivity contribution in [2.24, 2.45) is 17.3 Å². The second-order valence-electron chi connectivity index (χ2n) is 9.84. The van der Waals surface area contributed by atoms with Crippen LogP contribution in [0.2, 0.25) is 0 Å². The predicted molar refractivity (Wildman–Crippen MR) is 92.0 cm³/mol. The van der Waals surface area contributed by atoms with Crippen molar-refractivity contribution in [1.29, 1.82) is 0 Å². The van der Waals surface area contributed by atoms with E-state index in [4.69, 9.17) is 9.47 Å². The lowest BCUT2D eigenvalue weighted by atomic mass is 9.52. The smallest absolute Gasteiger partial charge is 0.395 e. The van der Waals surface area contributed by atoms with Gasteiger partial charge in [0, 0.05) is 6.42 Å². The standard InChI is InChI=1S/C20H27F5O4/c1-4-16(2,3)14(26)28-17-6-12-5-13(7-17)9-18(8-12,10-17)29-15(27)19(21,22)11-20(23,24)25/h12-13H,4-11H2,1-3H3. The largest absolute Gasteiger partial charge is 0.458 e. The van der Waals surface area contributed by atoms with Crippen LogP contribution >= 0.6 is 0 Å². The first kappa shape index (κ1) is 22.3. The molecule has 0 aromatic heterocycles. The zero-order valence-corrected chi connectivity index (χ0v) is 16.8. The van der Waals surface area contributed by atoms with Crippen LogP contribution in [0.25, 0.3) is 0 Å². The lowest BCUT2D eigenvalue weighted by Gasteiger charge is -2.60. The Morgan fingerprint density at radius 3 is 1.76 bits per heavy atom. The van der Waals surface area contributed by atoms with E-state index in [2.05, 4.69) is 0 Å². The molecule has 4 rings (SSSR count). The number of esters is 2. The maximum atomic E-state index is 13.8. The number of ether oxygens (including phenoxy) is 2. The third-order valence-corrected chi connectivity index (χ3v) is 6.73. The zero-order chi connectivity index (χ0) is 21.9. The van der Waals surface area contributed by atoms with E-state index < -0.39 is 47.1 Å². The van der Waals surface area contributed by atoms with E-state index in [1.54, 1.807) is 13.8 Å². The number of hydrogen-bond acceptors (Lipinski definition) is 4. The molecule has 4 saturated carbocycles. The summed E-state index contributed by atoms with van der Waals surface area (Å²) < 4.78 is 75.9. The van der Waals surface area contributed by atoms with Crippen LogP contribution in [0.5, 0.6) is 0 Å². The fourth-order valence-electron chi connectivity index (χ4n) is 5.41. The molecular weight excluding hydrogens is 399 g/mol. The Morgan fingerprint density at radius 1 is 0.897 bits per heavy atom. The van der Waals surface area contributed by atoms with Gasteiger partial charge in [-0.3, -0.25) is 4.79 Å². The van der Waals surface area contributed by atoms with E-state index in [-0.39, 0.29) is 18.3 Å². The highest BCUT2D eigenvalue weighted by atomic mass is 19.4. The molecule has 0 spiro atoms. The highest BCUT2D eigenvalue weighted by Gasteiger charge is 2.63. The van der Waals surface area contributed by atoms with Gasteiger partial charge in [0.05, 0.1) is 5.41 Å². The van der Waals surface area contributed by atoms with Gasteiger partial charge in [-0.15, -0.1) is 0 Å². The summed E-state index contributed by atoms with van der Waals surface area (Å²) >= 11 is 0. The van der Waals surface area contributed by atoms with Crippen molar-refractivity contribution in [3.63, 3.8) is 0 Å². The van der Waals surface area contributed by atoms with Crippen molar-refractivity contribution >= 4 is 11.9 Å². The average molecular weight is 426 g/mol. The lowest BCUT2D eigenvalue weighted by Crippen LogP contribution is -2.63. The van der Waals surface area contributed by atoms with E-state index in [1.807, 2.05) is 6.92 Å². The lowest BCUT2D eigenvalue weighted by molar-refractivity contribution is -0.252. The molecule has 4 aliphatic rings. The average Bonchev–Trinajstić information content (AvgIpc) is 2.50. The van der Waals surface area contributed by atoms with Crippen molar-refractivity contribution in [1.82, 2.24) is 0 Å². The van der Waals surface area contributed by atoms with Crippen LogP contribution < -0.4 is 0 Å². The minimum Gasteiger partial charge on any atom is -0.458 e. The van der Waals surface area contributed by atoms with Gasteiger partial charge in [-0.2, -0.15) is 22.0 Å². The SMILES string of the molecule is CCC(C)(C)C(=O)OC12CC3CC(C1)CC(OC(=O)C(F)(F)CC(F)(F)F)(C3)C2. The Morgan fingerprint density at radius 2 is 1.34 bits per heavy atom. The van der Waals surface area contributed by atoms with Crippen LogP contribution in [0.1, 0.15) is 72.1 Å². The summed E-state index contributed by atoms with van der Waals surface area (Å²) in [5.74, 6) is -7.14. The Balaban J connectivity index is 1.78.